The van der Waals surface area contributed by atoms with Gasteiger partial charge in [-0.3, -0.25) is 4.90 Å². The van der Waals surface area contributed by atoms with Gasteiger partial charge < -0.3 is 9.55 Å². The molecule has 0 radical (unpaired) electrons. The number of nitrogens with zero attached hydrogens (tertiary/aromatic N) is 2. The van der Waals surface area contributed by atoms with Crippen molar-refractivity contribution in [2.45, 2.75) is 31.3 Å². The third-order valence-corrected chi connectivity index (χ3v) is 5.29. The number of hydrogen-bond acceptors (Lipinski definition) is 2. The van der Waals surface area contributed by atoms with E-state index in [0.29, 0.717) is 15.3 Å². The molecule has 0 bridgehead atoms. The van der Waals surface area contributed by atoms with Crippen molar-refractivity contribution in [3.05, 3.63) is 27.2 Å². The van der Waals surface area contributed by atoms with Gasteiger partial charge in [0, 0.05) is 25.2 Å². The largest absolute Gasteiger partial charge is 0.331 e. The molecule has 1 aromatic heterocycles. The van der Waals surface area contributed by atoms with Gasteiger partial charge in [-0.1, -0.05) is 0 Å². The summed E-state index contributed by atoms with van der Waals surface area (Å²) in [6.45, 7) is 2.16. The summed E-state index contributed by atoms with van der Waals surface area (Å²) in [6.07, 6.45) is 3.75. The van der Waals surface area contributed by atoms with E-state index in [1.807, 2.05) is 0 Å². The second-order valence-corrected chi connectivity index (χ2v) is 6.99. The van der Waals surface area contributed by atoms with Crippen molar-refractivity contribution in [1.82, 2.24) is 14.5 Å². The smallest absolute Gasteiger partial charge is 0.178 e. The van der Waals surface area contributed by atoms with Crippen LogP contribution in [0.2, 0.25) is 0 Å². The highest BCUT2D eigenvalue weighted by Crippen LogP contribution is 2.35. The van der Waals surface area contributed by atoms with Gasteiger partial charge in [-0.15, -0.1) is 0 Å². The minimum Gasteiger partial charge on any atom is -0.331 e. The highest BCUT2D eigenvalue weighted by Gasteiger charge is 2.35. The molecule has 2 fully saturated rings. The van der Waals surface area contributed by atoms with E-state index in [2.05, 4.69) is 30.4 Å². The molecule has 106 valence electrons. The summed E-state index contributed by atoms with van der Waals surface area (Å²) < 4.78 is 17.1. The van der Waals surface area contributed by atoms with Gasteiger partial charge in [-0.25, -0.2) is 4.39 Å². The Kier molecular flexibility index (Phi) is 3.01. The molecule has 1 atom stereocenters. The molecule has 1 aromatic carbocycles. The Morgan fingerprint density at radius 1 is 1.25 bits per heavy atom. The lowest BCUT2D eigenvalue weighted by Crippen LogP contribution is -2.23. The van der Waals surface area contributed by atoms with E-state index in [1.165, 1.54) is 12.8 Å². The van der Waals surface area contributed by atoms with Crippen LogP contribution in [0.1, 0.15) is 25.3 Å². The Morgan fingerprint density at radius 3 is 2.80 bits per heavy atom. The van der Waals surface area contributed by atoms with Crippen LogP contribution in [0, 0.1) is 10.6 Å². The van der Waals surface area contributed by atoms with Crippen molar-refractivity contribution >= 4 is 39.2 Å². The fourth-order valence-electron chi connectivity index (χ4n) is 3.23. The van der Waals surface area contributed by atoms with E-state index in [4.69, 9.17) is 12.2 Å². The average molecular weight is 356 g/mol. The fraction of sp³-hybridized carbons (Fsp3) is 0.500. The molecular formula is C14H15BrFN3S. The van der Waals surface area contributed by atoms with Crippen LogP contribution in [0.5, 0.6) is 0 Å². The van der Waals surface area contributed by atoms with Gasteiger partial charge in [0.15, 0.2) is 4.77 Å². The second kappa shape index (κ2) is 4.64. The van der Waals surface area contributed by atoms with Crippen LogP contribution in [-0.2, 0) is 0 Å². The summed E-state index contributed by atoms with van der Waals surface area (Å²) in [5.41, 5.74) is 1.77. The number of aromatic nitrogens is 2. The number of benzene rings is 1. The molecule has 1 aliphatic heterocycles. The van der Waals surface area contributed by atoms with Crippen LogP contribution in [0.15, 0.2) is 16.6 Å². The minimum absolute atomic E-state index is 0.239. The summed E-state index contributed by atoms with van der Waals surface area (Å²) in [5, 5.41) is 0. The molecule has 20 heavy (non-hydrogen) atoms. The van der Waals surface area contributed by atoms with Crippen molar-refractivity contribution in [1.29, 1.82) is 0 Å². The third-order valence-electron chi connectivity index (χ3n) is 4.38. The molecule has 3 nitrogen and oxygen atoms in total. The fourth-order valence-corrected chi connectivity index (χ4v) is 3.93. The quantitative estimate of drug-likeness (QED) is 0.822. The molecule has 0 spiro atoms. The van der Waals surface area contributed by atoms with Gasteiger partial charge in [0.2, 0.25) is 0 Å². The predicted octanol–water partition coefficient (Wildman–Crippen LogP) is 4.01. The number of rotatable bonds is 2. The van der Waals surface area contributed by atoms with E-state index in [9.17, 15) is 4.39 Å². The maximum Gasteiger partial charge on any atom is 0.178 e. The van der Waals surface area contributed by atoms with Crippen LogP contribution in [0.25, 0.3) is 11.0 Å². The first kappa shape index (κ1) is 13.0. The number of aromatic amines is 1. The van der Waals surface area contributed by atoms with Gasteiger partial charge in [0.05, 0.1) is 21.5 Å². The standard InChI is InChI=1S/C14H15BrFN3S/c15-10-5-12-13(6-11(10)16)19(14(20)17-12)9-3-4-18(7-9)8-1-2-8/h5-6,8-9H,1-4,7H2,(H,17,20). The molecule has 2 heterocycles. The maximum atomic E-state index is 13.8. The predicted molar refractivity (Wildman–Crippen MR) is 83.0 cm³/mol. The van der Waals surface area contributed by atoms with Gasteiger partial charge in [-0.2, -0.15) is 0 Å². The Balaban J connectivity index is 1.77. The van der Waals surface area contributed by atoms with E-state index in [-0.39, 0.29) is 5.82 Å². The van der Waals surface area contributed by atoms with Gasteiger partial charge >= 0.3 is 0 Å². The molecule has 6 heteroatoms. The van der Waals surface area contributed by atoms with Crippen LogP contribution in [-0.4, -0.2) is 33.6 Å². The topological polar surface area (TPSA) is 24.0 Å². The van der Waals surface area contributed by atoms with E-state index >= 15 is 0 Å². The van der Waals surface area contributed by atoms with Crippen molar-refractivity contribution in [3.8, 4) is 0 Å². The summed E-state index contributed by atoms with van der Waals surface area (Å²) in [6, 6.07) is 4.48. The number of likely N-dealkylation sites (tertiary alicyclic amines) is 1. The van der Waals surface area contributed by atoms with Crippen molar-refractivity contribution in [2.75, 3.05) is 13.1 Å². The van der Waals surface area contributed by atoms with Crippen molar-refractivity contribution < 1.29 is 4.39 Å². The number of hydrogen-bond donors (Lipinski definition) is 1. The van der Waals surface area contributed by atoms with E-state index < -0.39 is 0 Å². The van der Waals surface area contributed by atoms with Gasteiger partial charge in [-0.05, 0) is 53.5 Å². The Labute approximate surface area is 129 Å². The van der Waals surface area contributed by atoms with Crippen molar-refractivity contribution in [3.63, 3.8) is 0 Å². The highest BCUT2D eigenvalue weighted by molar-refractivity contribution is 9.10. The minimum atomic E-state index is -0.239. The van der Waals surface area contributed by atoms with E-state index in [0.717, 1.165) is 36.6 Å². The lowest BCUT2D eigenvalue weighted by Gasteiger charge is -2.16. The number of H-pyrrole nitrogens is 1. The molecule has 2 aliphatic rings. The van der Waals surface area contributed by atoms with Gasteiger partial charge in [0.25, 0.3) is 0 Å². The first-order valence-corrected chi connectivity index (χ1v) is 8.17. The first-order valence-electron chi connectivity index (χ1n) is 6.97. The summed E-state index contributed by atoms with van der Waals surface area (Å²) in [7, 11) is 0. The van der Waals surface area contributed by atoms with Crippen LogP contribution in [0.3, 0.4) is 0 Å². The number of halogens is 2. The summed E-state index contributed by atoms with van der Waals surface area (Å²) in [4.78, 5) is 5.74. The Hall–Kier alpha value is -0.720. The van der Waals surface area contributed by atoms with E-state index in [1.54, 1.807) is 12.1 Å². The third kappa shape index (κ3) is 2.05. The van der Waals surface area contributed by atoms with Crippen LogP contribution >= 0.6 is 28.1 Å². The molecule has 0 amide bonds. The van der Waals surface area contributed by atoms with Crippen molar-refractivity contribution in [2.24, 2.45) is 0 Å². The molecular weight excluding hydrogens is 341 g/mol. The number of nitrogens with one attached hydrogen (secondary N) is 1. The second-order valence-electron chi connectivity index (χ2n) is 5.75. The monoisotopic (exact) mass is 355 g/mol. The number of fused-ring (bicyclic) bond motifs is 1. The molecule has 2 aromatic rings. The Bertz CT molecular complexity index is 734. The maximum absolute atomic E-state index is 13.8. The van der Waals surface area contributed by atoms with Crippen LogP contribution in [0.4, 0.5) is 4.39 Å². The number of imidazole rings is 1. The molecule has 1 saturated carbocycles. The lowest BCUT2D eigenvalue weighted by atomic mass is 10.2. The molecule has 1 aliphatic carbocycles. The Morgan fingerprint density at radius 2 is 2.05 bits per heavy atom. The average Bonchev–Trinajstić information content (AvgIpc) is 3.06. The zero-order valence-corrected chi connectivity index (χ0v) is 13.3. The highest BCUT2D eigenvalue weighted by atomic mass is 79.9. The normalized spacial score (nSPS) is 23.8. The van der Waals surface area contributed by atoms with Gasteiger partial charge in [0.1, 0.15) is 5.82 Å². The molecule has 1 unspecified atom stereocenters. The SMILES string of the molecule is Fc1cc2c(cc1Br)[nH]c(=S)n2C1CCN(C2CC2)C1. The molecule has 4 rings (SSSR count). The molecule has 1 N–H and O–H groups in total. The zero-order valence-electron chi connectivity index (χ0n) is 10.9. The summed E-state index contributed by atoms with van der Waals surface area (Å²) in [5.74, 6) is -0.239. The summed E-state index contributed by atoms with van der Waals surface area (Å²) >= 11 is 8.67. The lowest BCUT2D eigenvalue weighted by molar-refractivity contribution is 0.314. The molecule has 1 saturated heterocycles. The first-order chi connectivity index (χ1) is 9.63. The zero-order chi connectivity index (χ0) is 13.9. The van der Waals surface area contributed by atoms with Crippen LogP contribution < -0.4 is 0 Å².